The van der Waals surface area contributed by atoms with Crippen LogP contribution in [0, 0.1) is 0 Å². The highest BCUT2D eigenvalue weighted by Crippen LogP contribution is 2.20. The smallest absolute Gasteiger partial charge is 0.108 e. The molecule has 1 heterocycles. The zero-order valence-corrected chi connectivity index (χ0v) is 13.5. The van der Waals surface area contributed by atoms with Crippen molar-refractivity contribution < 1.29 is 0 Å². The monoisotopic (exact) mass is 280 g/mol. The third kappa shape index (κ3) is 8.47. The number of aliphatic imine (C=N–C) groups is 1. The van der Waals surface area contributed by atoms with Crippen LogP contribution in [0.15, 0.2) is 29.4 Å². The fourth-order valence-corrected chi connectivity index (χ4v) is 4.70. The lowest BCUT2D eigenvalue weighted by Crippen LogP contribution is -2.14. The molecule has 0 radical (unpaired) electrons. The number of rotatable bonds is 8. The van der Waals surface area contributed by atoms with Gasteiger partial charge in [0.05, 0.1) is 5.69 Å². The first-order chi connectivity index (χ1) is 8.58. The molecule has 0 amide bonds. The summed E-state index contributed by atoms with van der Waals surface area (Å²) in [6.45, 7) is 8.16. The summed E-state index contributed by atoms with van der Waals surface area (Å²) >= 11 is 2.18. The minimum atomic E-state index is -0.898. The molecule has 0 spiro atoms. The van der Waals surface area contributed by atoms with Crippen molar-refractivity contribution in [3.05, 3.63) is 30.1 Å². The molecule has 0 aliphatic rings. The average molecular weight is 281 g/mol. The van der Waals surface area contributed by atoms with Gasteiger partial charge in [0.15, 0.2) is 0 Å². The molecule has 0 saturated heterocycles. The Labute approximate surface area is 116 Å². The van der Waals surface area contributed by atoms with E-state index in [9.17, 15) is 0 Å². The van der Waals surface area contributed by atoms with E-state index in [1.54, 1.807) is 6.20 Å². The Hall–Kier alpha value is -0.613. The predicted octanol–water partition coefficient (Wildman–Crippen LogP) is 4.24. The standard InChI is InChI=1S/C14H24N2SSi/c1-18(2,3)17-12-8-4-6-10-15-13-14-9-5-7-11-16-14/h5,7,9,11,13H,4,6,8,10,12H2,1-3H3. The van der Waals surface area contributed by atoms with E-state index >= 15 is 0 Å². The van der Waals surface area contributed by atoms with Gasteiger partial charge in [-0.15, -0.1) is 0 Å². The third-order valence-electron chi connectivity index (χ3n) is 2.38. The number of pyridine rings is 1. The molecule has 18 heavy (non-hydrogen) atoms. The first-order valence-corrected chi connectivity index (χ1v) is 11.8. The second-order valence-corrected chi connectivity index (χ2v) is 14.8. The normalized spacial score (nSPS) is 12.2. The quantitative estimate of drug-likeness (QED) is 0.404. The summed E-state index contributed by atoms with van der Waals surface area (Å²) in [5, 5.41) is 0. The van der Waals surface area contributed by atoms with Crippen molar-refractivity contribution in [2.24, 2.45) is 4.99 Å². The van der Waals surface area contributed by atoms with Crippen LogP contribution in [0.2, 0.25) is 19.6 Å². The summed E-state index contributed by atoms with van der Waals surface area (Å²) in [6, 6.07) is 5.89. The maximum Gasteiger partial charge on any atom is 0.108 e. The van der Waals surface area contributed by atoms with E-state index in [2.05, 4.69) is 40.8 Å². The Morgan fingerprint density at radius 1 is 1.22 bits per heavy atom. The van der Waals surface area contributed by atoms with E-state index < -0.39 is 7.22 Å². The molecule has 0 aliphatic carbocycles. The van der Waals surface area contributed by atoms with Crippen LogP contribution >= 0.6 is 11.2 Å². The molecule has 0 fully saturated rings. The van der Waals surface area contributed by atoms with Crippen molar-refractivity contribution in [1.29, 1.82) is 0 Å². The molecule has 4 heteroatoms. The topological polar surface area (TPSA) is 25.2 Å². The van der Waals surface area contributed by atoms with Crippen molar-refractivity contribution in [3.8, 4) is 0 Å². The lowest BCUT2D eigenvalue weighted by atomic mass is 10.2. The molecule has 2 nitrogen and oxygen atoms in total. The van der Waals surface area contributed by atoms with Crippen LogP contribution in [-0.4, -0.2) is 30.7 Å². The van der Waals surface area contributed by atoms with Gasteiger partial charge >= 0.3 is 0 Å². The van der Waals surface area contributed by atoms with Crippen LogP contribution in [-0.2, 0) is 0 Å². The molecular formula is C14H24N2SSi. The highest BCUT2D eigenvalue weighted by molar-refractivity contribution is 8.28. The predicted molar refractivity (Wildman–Crippen MR) is 86.4 cm³/mol. The number of hydrogen-bond acceptors (Lipinski definition) is 3. The van der Waals surface area contributed by atoms with Crippen molar-refractivity contribution in [2.75, 3.05) is 12.3 Å². The summed E-state index contributed by atoms with van der Waals surface area (Å²) in [5.74, 6) is 1.32. The molecule has 0 unspecified atom stereocenters. The molecule has 0 aromatic carbocycles. The minimum absolute atomic E-state index is 0.898. The fraction of sp³-hybridized carbons (Fsp3) is 0.571. The number of hydrogen-bond donors (Lipinski definition) is 0. The van der Waals surface area contributed by atoms with Gasteiger partial charge < -0.3 is 0 Å². The number of nitrogens with zero attached hydrogens (tertiary/aromatic N) is 2. The largest absolute Gasteiger partial charge is 0.291 e. The first kappa shape index (κ1) is 15.4. The SMILES string of the molecule is C[Si](C)(C)SCCCCCN=Cc1ccccn1. The van der Waals surface area contributed by atoms with Gasteiger partial charge in [-0.3, -0.25) is 9.98 Å². The first-order valence-electron chi connectivity index (χ1n) is 6.63. The van der Waals surface area contributed by atoms with Crippen molar-refractivity contribution in [3.63, 3.8) is 0 Å². The van der Waals surface area contributed by atoms with Crippen LogP contribution < -0.4 is 0 Å². The average Bonchev–Trinajstić information content (AvgIpc) is 2.32. The highest BCUT2D eigenvalue weighted by atomic mass is 32.4. The minimum Gasteiger partial charge on any atom is -0.291 e. The van der Waals surface area contributed by atoms with Gasteiger partial charge in [0.25, 0.3) is 0 Å². The van der Waals surface area contributed by atoms with E-state index in [-0.39, 0.29) is 0 Å². The Morgan fingerprint density at radius 2 is 2.06 bits per heavy atom. The lowest BCUT2D eigenvalue weighted by Gasteiger charge is -2.14. The van der Waals surface area contributed by atoms with Crippen molar-refractivity contribution in [2.45, 2.75) is 38.9 Å². The van der Waals surface area contributed by atoms with Gasteiger partial charge in [0.1, 0.15) is 7.22 Å². The van der Waals surface area contributed by atoms with Gasteiger partial charge in [0.2, 0.25) is 0 Å². The van der Waals surface area contributed by atoms with Crippen LogP contribution in [0.3, 0.4) is 0 Å². The van der Waals surface area contributed by atoms with Gasteiger partial charge in [0, 0.05) is 19.0 Å². The molecule has 1 rings (SSSR count). The molecule has 0 aliphatic heterocycles. The summed E-state index contributed by atoms with van der Waals surface area (Å²) in [4.78, 5) is 8.61. The molecule has 1 aromatic rings. The van der Waals surface area contributed by atoms with Crippen LogP contribution in [0.4, 0.5) is 0 Å². The number of unbranched alkanes of at least 4 members (excludes halogenated alkanes) is 2. The summed E-state index contributed by atoms with van der Waals surface area (Å²) in [6.07, 6.45) is 7.48. The fourth-order valence-electron chi connectivity index (χ4n) is 1.47. The van der Waals surface area contributed by atoms with Crippen molar-refractivity contribution >= 4 is 24.6 Å². The van der Waals surface area contributed by atoms with E-state index in [0.717, 1.165) is 12.2 Å². The maximum atomic E-state index is 4.40. The second-order valence-electron chi connectivity index (χ2n) is 5.31. The van der Waals surface area contributed by atoms with Crippen molar-refractivity contribution in [1.82, 2.24) is 4.98 Å². The van der Waals surface area contributed by atoms with E-state index in [4.69, 9.17) is 0 Å². The molecule has 0 N–H and O–H groups in total. The van der Waals surface area contributed by atoms with Gasteiger partial charge in [-0.1, -0.05) is 32.1 Å². The molecule has 1 aromatic heterocycles. The summed E-state index contributed by atoms with van der Waals surface area (Å²) < 4.78 is 0. The molecule has 0 bridgehead atoms. The number of aromatic nitrogens is 1. The molecule has 0 atom stereocenters. The van der Waals surface area contributed by atoms with Gasteiger partial charge in [-0.2, -0.15) is 11.2 Å². The molecule has 0 saturated carbocycles. The van der Waals surface area contributed by atoms with E-state index in [0.29, 0.717) is 0 Å². The second kappa shape index (κ2) is 8.48. The van der Waals surface area contributed by atoms with Crippen LogP contribution in [0.5, 0.6) is 0 Å². The Morgan fingerprint density at radius 3 is 2.72 bits per heavy atom. The van der Waals surface area contributed by atoms with E-state index in [1.807, 2.05) is 24.4 Å². The summed E-state index contributed by atoms with van der Waals surface area (Å²) in [7, 11) is -0.898. The zero-order valence-electron chi connectivity index (χ0n) is 11.7. The Bertz CT molecular complexity index is 347. The zero-order chi connectivity index (χ0) is 13.3. The Kier molecular flexibility index (Phi) is 7.28. The molecule has 100 valence electrons. The van der Waals surface area contributed by atoms with E-state index in [1.165, 1.54) is 25.0 Å². The van der Waals surface area contributed by atoms with Gasteiger partial charge in [-0.25, -0.2) is 0 Å². The third-order valence-corrected chi connectivity index (χ3v) is 6.95. The maximum absolute atomic E-state index is 4.40. The Balaban J connectivity index is 2.01. The highest BCUT2D eigenvalue weighted by Gasteiger charge is 2.12. The lowest BCUT2D eigenvalue weighted by molar-refractivity contribution is 0.735. The van der Waals surface area contributed by atoms with Gasteiger partial charge in [-0.05, 0) is 30.7 Å². The molecular weight excluding hydrogens is 256 g/mol. The van der Waals surface area contributed by atoms with Crippen LogP contribution in [0.25, 0.3) is 0 Å². The summed E-state index contributed by atoms with van der Waals surface area (Å²) in [5.41, 5.74) is 0.951. The van der Waals surface area contributed by atoms with Crippen LogP contribution in [0.1, 0.15) is 25.0 Å².